The van der Waals surface area contributed by atoms with Crippen molar-refractivity contribution in [3.63, 3.8) is 0 Å². The molecule has 1 atom stereocenters. The maximum absolute atomic E-state index is 12.0. The lowest BCUT2D eigenvalue weighted by Crippen LogP contribution is -2.41. The van der Waals surface area contributed by atoms with E-state index in [4.69, 9.17) is 10.2 Å². The first-order chi connectivity index (χ1) is 8.38. The van der Waals surface area contributed by atoms with E-state index in [1.54, 1.807) is 25.1 Å². The van der Waals surface area contributed by atoms with Crippen molar-refractivity contribution in [3.05, 3.63) is 29.8 Å². The molecule has 1 aromatic carbocycles. The van der Waals surface area contributed by atoms with Crippen LogP contribution in [-0.4, -0.2) is 37.2 Å². The number of nitrogens with one attached hydrogen (secondary N) is 1. The molecule has 0 saturated carbocycles. The van der Waals surface area contributed by atoms with Gasteiger partial charge in [0.2, 0.25) is 10.0 Å². The topological polar surface area (TPSA) is 104 Å². The molecule has 0 saturated heterocycles. The average molecular weight is 273 g/mol. The maximum Gasteiger partial charge on any atom is 0.321 e. The van der Waals surface area contributed by atoms with Crippen molar-refractivity contribution >= 4 is 16.0 Å². The van der Waals surface area contributed by atoms with E-state index >= 15 is 0 Å². The maximum atomic E-state index is 12.0. The van der Waals surface area contributed by atoms with E-state index in [1.165, 1.54) is 6.07 Å². The molecule has 18 heavy (non-hydrogen) atoms. The molecule has 1 aromatic rings. The highest BCUT2D eigenvalue weighted by atomic mass is 32.2. The average Bonchev–Trinajstić information content (AvgIpc) is 2.28. The quantitative estimate of drug-likeness (QED) is 0.682. The van der Waals surface area contributed by atoms with E-state index in [9.17, 15) is 13.2 Å². The third-order valence-corrected chi connectivity index (χ3v) is 4.03. The van der Waals surface area contributed by atoms with E-state index in [0.29, 0.717) is 5.56 Å². The Labute approximate surface area is 105 Å². The van der Waals surface area contributed by atoms with Crippen molar-refractivity contribution in [2.45, 2.75) is 24.3 Å². The molecule has 0 spiro atoms. The van der Waals surface area contributed by atoms with Crippen molar-refractivity contribution in [2.75, 3.05) is 6.61 Å². The summed E-state index contributed by atoms with van der Waals surface area (Å²) >= 11 is 0. The molecule has 0 aliphatic heterocycles. The number of carboxylic acids is 1. The summed E-state index contributed by atoms with van der Waals surface area (Å²) < 4.78 is 26.0. The predicted octanol–water partition coefficient (Wildman–Crippen LogP) is 0.109. The molecule has 0 aliphatic rings. The van der Waals surface area contributed by atoms with Crippen LogP contribution in [0.3, 0.4) is 0 Å². The molecular formula is C11H15NO5S. The zero-order valence-corrected chi connectivity index (χ0v) is 10.6. The standard InChI is InChI=1S/C11H15NO5S/c1-8-4-2-3-5-10(8)18(16,17)12-9(6-7-13)11(14)15/h2-5,9,12-13H,6-7H2,1H3,(H,14,15). The normalized spacial score (nSPS) is 13.2. The zero-order valence-electron chi connectivity index (χ0n) is 9.83. The molecule has 0 amide bonds. The highest BCUT2D eigenvalue weighted by molar-refractivity contribution is 7.89. The van der Waals surface area contributed by atoms with E-state index in [0.717, 1.165) is 0 Å². The van der Waals surface area contributed by atoms with Crippen LogP contribution in [-0.2, 0) is 14.8 Å². The van der Waals surface area contributed by atoms with Gasteiger partial charge in [0.05, 0.1) is 4.90 Å². The summed E-state index contributed by atoms with van der Waals surface area (Å²) in [5.74, 6) is -1.32. The minimum absolute atomic E-state index is 0.0363. The molecule has 1 unspecified atom stereocenters. The summed E-state index contributed by atoms with van der Waals surface area (Å²) in [5.41, 5.74) is 0.526. The van der Waals surface area contributed by atoms with Crippen LogP contribution in [0.5, 0.6) is 0 Å². The molecule has 0 aliphatic carbocycles. The summed E-state index contributed by atoms with van der Waals surface area (Å²) in [6.07, 6.45) is -0.180. The first-order valence-corrected chi connectivity index (χ1v) is 6.78. The number of benzene rings is 1. The van der Waals surface area contributed by atoms with Crippen LogP contribution >= 0.6 is 0 Å². The number of rotatable bonds is 6. The van der Waals surface area contributed by atoms with Gasteiger partial charge in [-0.2, -0.15) is 4.72 Å². The molecule has 3 N–H and O–H groups in total. The lowest BCUT2D eigenvalue weighted by atomic mass is 10.2. The number of aliphatic hydroxyl groups is 1. The van der Waals surface area contributed by atoms with Crippen molar-refractivity contribution < 1.29 is 23.4 Å². The Morgan fingerprint density at radius 2 is 2.00 bits per heavy atom. The van der Waals surface area contributed by atoms with Gasteiger partial charge in [-0.3, -0.25) is 4.79 Å². The molecule has 1 rings (SSSR count). The number of aliphatic hydroxyl groups excluding tert-OH is 1. The molecule has 0 bridgehead atoms. The number of carbonyl (C=O) groups is 1. The van der Waals surface area contributed by atoms with Crippen LogP contribution in [0.25, 0.3) is 0 Å². The monoisotopic (exact) mass is 273 g/mol. The minimum atomic E-state index is -3.90. The largest absolute Gasteiger partial charge is 0.480 e. The Kier molecular flexibility index (Phi) is 4.83. The van der Waals surface area contributed by atoms with Crippen molar-refractivity contribution in [1.82, 2.24) is 4.72 Å². The minimum Gasteiger partial charge on any atom is -0.480 e. The van der Waals surface area contributed by atoms with Crippen LogP contribution in [0.15, 0.2) is 29.2 Å². The SMILES string of the molecule is Cc1ccccc1S(=O)(=O)NC(CCO)C(=O)O. The van der Waals surface area contributed by atoms with Gasteiger partial charge < -0.3 is 10.2 Å². The van der Waals surface area contributed by atoms with E-state index in [-0.39, 0.29) is 11.3 Å². The molecule has 7 heteroatoms. The first kappa shape index (κ1) is 14.6. The smallest absolute Gasteiger partial charge is 0.321 e. The number of hydrogen-bond acceptors (Lipinski definition) is 4. The Morgan fingerprint density at radius 1 is 1.39 bits per heavy atom. The van der Waals surface area contributed by atoms with E-state index < -0.39 is 28.6 Å². The Bertz CT molecular complexity index is 526. The van der Waals surface area contributed by atoms with Gasteiger partial charge in [-0.05, 0) is 25.0 Å². The van der Waals surface area contributed by atoms with Gasteiger partial charge in [0.25, 0.3) is 0 Å². The number of hydrogen-bond donors (Lipinski definition) is 3. The molecule has 100 valence electrons. The van der Waals surface area contributed by atoms with Gasteiger partial charge in [-0.25, -0.2) is 8.42 Å². The van der Waals surface area contributed by atoms with Crippen LogP contribution in [0.1, 0.15) is 12.0 Å². The fourth-order valence-corrected chi connectivity index (χ4v) is 2.94. The summed E-state index contributed by atoms with van der Waals surface area (Å²) in [7, 11) is -3.90. The Morgan fingerprint density at radius 3 is 2.50 bits per heavy atom. The molecule has 6 nitrogen and oxygen atoms in total. The van der Waals surface area contributed by atoms with Gasteiger partial charge in [0, 0.05) is 6.61 Å². The first-order valence-electron chi connectivity index (χ1n) is 5.30. The van der Waals surface area contributed by atoms with Crippen molar-refractivity contribution in [3.8, 4) is 0 Å². The van der Waals surface area contributed by atoms with E-state index in [1.807, 2.05) is 0 Å². The Hall–Kier alpha value is -1.44. The van der Waals surface area contributed by atoms with Gasteiger partial charge in [-0.1, -0.05) is 18.2 Å². The Balaban J connectivity index is 3.01. The fraction of sp³-hybridized carbons (Fsp3) is 0.364. The van der Waals surface area contributed by atoms with Crippen LogP contribution in [0, 0.1) is 6.92 Å². The second kappa shape index (κ2) is 5.94. The van der Waals surface area contributed by atoms with Crippen LogP contribution in [0.2, 0.25) is 0 Å². The molecular weight excluding hydrogens is 258 g/mol. The van der Waals surface area contributed by atoms with Gasteiger partial charge >= 0.3 is 5.97 Å². The molecule has 0 fully saturated rings. The number of aliphatic carboxylic acids is 1. The molecule has 0 radical (unpaired) electrons. The molecule has 0 aromatic heterocycles. The number of carboxylic acid groups (broad SMARTS) is 1. The highest BCUT2D eigenvalue weighted by Gasteiger charge is 2.25. The lowest BCUT2D eigenvalue weighted by molar-refractivity contribution is -0.139. The number of aryl methyl sites for hydroxylation is 1. The van der Waals surface area contributed by atoms with Crippen LogP contribution < -0.4 is 4.72 Å². The van der Waals surface area contributed by atoms with Crippen LogP contribution in [0.4, 0.5) is 0 Å². The summed E-state index contributed by atoms with van der Waals surface area (Å²) in [6.45, 7) is 1.21. The third kappa shape index (κ3) is 3.52. The number of sulfonamides is 1. The molecule has 0 heterocycles. The van der Waals surface area contributed by atoms with E-state index in [2.05, 4.69) is 4.72 Å². The summed E-state index contributed by atoms with van der Waals surface area (Å²) in [6, 6.07) is 4.94. The van der Waals surface area contributed by atoms with Gasteiger partial charge in [0.15, 0.2) is 0 Å². The lowest BCUT2D eigenvalue weighted by Gasteiger charge is -2.14. The zero-order chi connectivity index (χ0) is 13.8. The second-order valence-electron chi connectivity index (χ2n) is 3.79. The van der Waals surface area contributed by atoms with Gasteiger partial charge in [0.1, 0.15) is 6.04 Å². The predicted molar refractivity (Wildman–Crippen MR) is 64.6 cm³/mol. The highest BCUT2D eigenvalue weighted by Crippen LogP contribution is 2.14. The van der Waals surface area contributed by atoms with Crippen molar-refractivity contribution in [1.29, 1.82) is 0 Å². The fourth-order valence-electron chi connectivity index (χ4n) is 1.47. The second-order valence-corrected chi connectivity index (χ2v) is 5.47. The van der Waals surface area contributed by atoms with Crippen molar-refractivity contribution in [2.24, 2.45) is 0 Å². The van der Waals surface area contributed by atoms with Gasteiger partial charge in [-0.15, -0.1) is 0 Å². The summed E-state index contributed by atoms with van der Waals surface area (Å²) in [4.78, 5) is 10.9. The third-order valence-electron chi connectivity index (χ3n) is 2.40. The summed E-state index contributed by atoms with van der Waals surface area (Å²) in [5, 5.41) is 17.6.